The first-order valence-electron chi connectivity index (χ1n) is 6.22. The largest absolute Gasteiger partial charge is 0.497 e. The highest BCUT2D eigenvalue weighted by molar-refractivity contribution is 5.28. The Morgan fingerprint density at radius 2 is 1.94 bits per heavy atom. The van der Waals surface area contributed by atoms with Crippen molar-refractivity contribution in [2.75, 3.05) is 7.11 Å². The molecular formula is C15H22O2. The van der Waals surface area contributed by atoms with E-state index in [-0.39, 0.29) is 6.10 Å². The Bertz CT molecular complexity index is 327. The maximum atomic E-state index is 5.73. The summed E-state index contributed by atoms with van der Waals surface area (Å²) >= 11 is 0. The summed E-state index contributed by atoms with van der Waals surface area (Å²) in [6.07, 6.45) is 7.25. The van der Waals surface area contributed by atoms with Crippen molar-refractivity contribution in [3.05, 3.63) is 42.2 Å². The Kier molecular flexibility index (Phi) is 6.23. The SMILES string of the molecule is CC=CO[C@@H](CCCC)c1ccc(OC)cc1. The molecule has 0 amide bonds. The highest BCUT2D eigenvalue weighted by Crippen LogP contribution is 2.25. The minimum Gasteiger partial charge on any atom is -0.497 e. The predicted molar refractivity (Wildman–Crippen MR) is 71.2 cm³/mol. The molecule has 0 bridgehead atoms. The molecule has 0 spiro atoms. The Balaban J connectivity index is 2.71. The lowest BCUT2D eigenvalue weighted by Gasteiger charge is -2.17. The lowest BCUT2D eigenvalue weighted by molar-refractivity contribution is 0.134. The van der Waals surface area contributed by atoms with Crippen LogP contribution in [0.1, 0.15) is 44.8 Å². The van der Waals surface area contributed by atoms with Crippen molar-refractivity contribution in [1.82, 2.24) is 0 Å². The van der Waals surface area contributed by atoms with Crippen LogP contribution in [0.3, 0.4) is 0 Å². The van der Waals surface area contributed by atoms with Crippen LogP contribution in [0, 0.1) is 0 Å². The summed E-state index contributed by atoms with van der Waals surface area (Å²) in [6.45, 7) is 4.16. The van der Waals surface area contributed by atoms with Crippen molar-refractivity contribution >= 4 is 0 Å². The van der Waals surface area contributed by atoms with E-state index in [1.54, 1.807) is 13.4 Å². The molecule has 1 aromatic rings. The van der Waals surface area contributed by atoms with E-state index in [0.717, 1.165) is 12.2 Å². The van der Waals surface area contributed by atoms with Crippen molar-refractivity contribution in [3.8, 4) is 5.75 Å². The number of methoxy groups -OCH3 is 1. The van der Waals surface area contributed by atoms with Crippen molar-refractivity contribution < 1.29 is 9.47 Å². The molecule has 0 aromatic heterocycles. The molecule has 0 radical (unpaired) electrons. The Labute approximate surface area is 104 Å². The molecule has 0 saturated heterocycles. The van der Waals surface area contributed by atoms with E-state index in [9.17, 15) is 0 Å². The minimum atomic E-state index is 0.150. The van der Waals surface area contributed by atoms with Gasteiger partial charge in [0.1, 0.15) is 11.9 Å². The van der Waals surface area contributed by atoms with Gasteiger partial charge in [-0.1, -0.05) is 31.6 Å². The van der Waals surface area contributed by atoms with Crippen molar-refractivity contribution in [2.24, 2.45) is 0 Å². The first-order valence-corrected chi connectivity index (χ1v) is 6.22. The average molecular weight is 234 g/mol. The molecule has 0 fully saturated rings. The van der Waals surface area contributed by atoms with E-state index >= 15 is 0 Å². The van der Waals surface area contributed by atoms with Gasteiger partial charge in [0.25, 0.3) is 0 Å². The molecule has 1 atom stereocenters. The summed E-state index contributed by atoms with van der Waals surface area (Å²) in [7, 11) is 1.68. The van der Waals surface area contributed by atoms with Crippen LogP contribution in [0.5, 0.6) is 5.75 Å². The predicted octanol–water partition coefficient (Wildman–Crippen LogP) is 4.48. The highest BCUT2D eigenvalue weighted by Gasteiger charge is 2.10. The molecule has 17 heavy (non-hydrogen) atoms. The topological polar surface area (TPSA) is 18.5 Å². The van der Waals surface area contributed by atoms with Gasteiger partial charge in [0.2, 0.25) is 0 Å². The molecular weight excluding hydrogens is 212 g/mol. The van der Waals surface area contributed by atoms with Gasteiger partial charge in [0.05, 0.1) is 13.4 Å². The third-order valence-electron chi connectivity index (χ3n) is 2.69. The number of hydrogen-bond acceptors (Lipinski definition) is 2. The summed E-state index contributed by atoms with van der Waals surface area (Å²) in [6, 6.07) is 8.10. The molecule has 94 valence electrons. The van der Waals surface area contributed by atoms with E-state index in [1.807, 2.05) is 25.1 Å². The van der Waals surface area contributed by atoms with Gasteiger partial charge in [-0.2, -0.15) is 0 Å². The normalized spacial score (nSPS) is 12.6. The number of allylic oxidation sites excluding steroid dienone is 1. The van der Waals surface area contributed by atoms with Gasteiger partial charge in [-0.15, -0.1) is 0 Å². The van der Waals surface area contributed by atoms with E-state index in [1.165, 1.54) is 18.4 Å². The molecule has 2 heteroatoms. The molecule has 0 aliphatic rings. The Morgan fingerprint density at radius 3 is 2.47 bits per heavy atom. The summed E-state index contributed by atoms with van der Waals surface area (Å²) in [4.78, 5) is 0. The smallest absolute Gasteiger partial charge is 0.123 e. The fraction of sp³-hybridized carbons (Fsp3) is 0.467. The second-order valence-corrected chi connectivity index (χ2v) is 4.01. The van der Waals surface area contributed by atoms with E-state index in [0.29, 0.717) is 0 Å². The molecule has 0 N–H and O–H groups in total. The van der Waals surface area contributed by atoms with Crippen molar-refractivity contribution in [1.29, 1.82) is 0 Å². The monoisotopic (exact) mass is 234 g/mol. The number of hydrogen-bond donors (Lipinski definition) is 0. The quantitative estimate of drug-likeness (QED) is 0.648. The molecule has 0 aliphatic heterocycles. The Morgan fingerprint density at radius 1 is 1.24 bits per heavy atom. The van der Waals surface area contributed by atoms with Crippen molar-refractivity contribution in [3.63, 3.8) is 0 Å². The van der Waals surface area contributed by atoms with Crippen LogP contribution in [-0.4, -0.2) is 7.11 Å². The third kappa shape index (κ3) is 4.51. The molecule has 2 nitrogen and oxygen atoms in total. The van der Waals surface area contributed by atoms with Gasteiger partial charge >= 0.3 is 0 Å². The van der Waals surface area contributed by atoms with Gasteiger partial charge in [-0.05, 0) is 37.5 Å². The molecule has 0 unspecified atom stereocenters. The van der Waals surface area contributed by atoms with Gasteiger partial charge in [0, 0.05) is 0 Å². The van der Waals surface area contributed by atoms with Gasteiger partial charge in [0.15, 0.2) is 0 Å². The van der Waals surface area contributed by atoms with Crippen LogP contribution in [-0.2, 0) is 4.74 Å². The molecule has 0 aliphatic carbocycles. The van der Waals surface area contributed by atoms with Crippen LogP contribution in [0.25, 0.3) is 0 Å². The zero-order chi connectivity index (χ0) is 12.5. The number of ether oxygens (including phenoxy) is 2. The zero-order valence-electron chi connectivity index (χ0n) is 11.0. The first kappa shape index (κ1) is 13.6. The highest BCUT2D eigenvalue weighted by atomic mass is 16.5. The second kappa shape index (κ2) is 7.77. The van der Waals surface area contributed by atoms with Crippen molar-refractivity contribution in [2.45, 2.75) is 39.2 Å². The number of rotatable bonds is 7. The van der Waals surface area contributed by atoms with Crippen LogP contribution >= 0.6 is 0 Å². The number of benzene rings is 1. The fourth-order valence-electron chi connectivity index (χ4n) is 1.69. The number of unbranched alkanes of at least 4 members (excludes halogenated alkanes) is 1. The van der Waals surface area contributed by atoms with Crippen LogP contribution in [0.15, 0.2) is 36.6 Å². The van der Waals surface area contributed by atoms with Crippen LogP contribution < -0.4 is 4.74 Å². The lowest BCUT2D eigenvalue weighted by atomic mass is 10.0. The van der Waals surface area contributed by atoms with Crippen LogP contribution in [0.4, 0.5) is 0 Å². The molecule has 1 aromatic carbocycles. The molecule has 0 saturated carbocycles. The van der Waals surface area contributed by atoms with E-state index in [4.69, 9.17) is 9.47 Å². The summed E-state index contributed by atoms with van der Waals surface area (Å²) in [5, 5.41) is 0. The van der Waals surface area contributed by atoms with E-state index < -0.39 is 0 Å². The lowest BCUT2D eigenvalue weighted by Crippen LogP contribution is -2.00. The summed E-state index contributed by atoms with van der Waals surface area (Å²) in [5.41, 5.74) is 1.21. The standard InChI is InChI=1S/C15H22O2/c1-4-6-7-15(17-12-5-2)13-8-10-14(16-3)11-9-13/h5,8-12,15H,4,6-7H2,1-3H3/t15-/m0/s1. The minimum absolute atomic E-state index is 0.150. The average Bonchev–Trinajstić information content (AvgIpc) is 2.39. The summed E-state index contributed by atoms with van der Waals surface area (Å²) in [5.74, 6) is 0.883. The Hall–Kier alpha value is -1.44. The van der Waals surface area contributed by atoms with Gasteiger partial charge in [-0.25, -0.2) is 0 Å². The van der Waals surface area contributed by atoms with Gasteiger partial charge in [-0.3, -0.25) is 0 Å². The molecule has 1 rings (SSSR count). The molecule has 0 heterocycles. The zero-order valence-corrected chi connectivity index (χ0v) is 11.0. The first-order chi connectivity index (χ1) is 8.31. The maximum absolute atomic E-state index is 5.73. The van der Waals surface area contributed by atoms with E-state index in [2.05, 4.69) is 19.1 Å². The third-order valence-corrected chi connectivity index (χ3v) is 2.69. The van der Waals surface area contributed by atoms with Crippen LogP contribution in [0.2, 0.25) is 0 Å². The fourth-order valence-corrected chi connectivity index (χ4v) is 1.69. The second-order valence-electron chi connectivity index (χ2n) is 4.01. The summed E-state index contributed by atoms with van der Waals surface area (Å²) < 4.78 is 10.9. The maximum Gasteiger partial charge on any atom is 0.123 e. The van der Waals surface area contributed by atoms with Gasteiger partial charge < -0.3 is 9.47 Å².